The van der Waals surface area contributed by atoms with Crippen LogP contribution in [-0.4, -0.2) is 41.6 Å². The highest BCUT2D eigenvalue weighted by Crippen LogP contribution is 2.71. The first-order valence-electron chi connectivity index (χ1n) is 15.0. The lowest BCUT2D eigenvalue weighted by Gasteiger charge is -2.39. The van der Waals surface area contributed by atoms with E-state index in [-0.39, 0.29) is 59.1 Å². The number of halogens is 1. The highest BCUT2D eigenvalue weighted by Gasteiger charge is 2.81. The normalized spacial score (nSPS) is 33.1. The second-order valence-corrected chi connectivity index (χ2v) is 14.0. The van der Waals surface area contributed by atoms with Crippen molar-refractivity contribution in [2.45, 2.75) is 77.3 Å². The topological polar surface area (TPSA) is 117 Å². The summed E-state index contributed by atoms with van der Waals surface area (Å²) < 4.78 is 20.6. The molecule has 6 atom stereocenters. The predicted molar refractivity (Wildman–Crippen MR) is 160 cm³/mol. The van der Waals surface area contributed by atoms with Crippen LogP contribution in [0.25, 0.3) is 0 Å². The highest BCUT2D eigenvalue weighted by molar-refractivity contribution is 6.10. The summed E-state index contributed by atoms with van der Waals surface area (Å²) in [4.78, 5) is 40.6. The minimum Gasteiger partial charge on any atom is -0.495 e. The van der Waals surface area contributed by atoms with Crippen molar-refractivity contribution in [3.8, 4) is 0 Å². The lowest BCUT2D eigenvalue weighted by Crippen LogP contribution is -2.53. The van der Waals surface area contributed by atoms with Gasteiger partial charge in [-0.1, -0.05) is 45.4 Å². The molecule has 0 aromatic heterocycles. The van der Waals surface area contributed by atoms with Gasteiger partial charge >= 0.3 is 5.97 Å². The highest BCUT2D eigenvalue weighted by atomic mass is 19.1. The largest absolute Gasteiger partial charge is 0.495 e. The fraction of sp³-hybridized carbons (Fsp3) is 0.500. The average Bonchev–Trinajstić information content (AvgIpc) is 3.49. The fourth-order valence-corrected chi connectivity index (χ4v) is 8.42. The molecule has 2 heterocycles. The Morgan fingerprint density at radius 3 is 2.56 bits per heavy atom. The first kappa shape index (κ1) is 29.4. The quantitative estimate of drug-likeness (QED) is 0.376. The van der Waals surface area contributed by atoms with Gasteiger partial charge in [0.2, 0.25) is 11.8 Å². The molecule has 0 bridgehead atoms. The van der Waals surface area contributed by atoms with Gasteiger partial charge in [0.05, 0.1) is 18.8 Å². The average molecular weight is 590 g/mol. The van der Waals surface area contributed by atoms with Crippen LogP contribution in [-0.2, 0) is 24.5 Å². The summed E-state index contributed by atoms with van der Waals surface area (Å²) in [6, 6.07) is 5.11. The van der Waals surface area contributed by atoms with Crippen molar-refractivity contribution in [2.24, 2.45) is 23.2 Å². The zero-order chi connectivity index (χ0) is 31.1. The molecule has 1 saturated heterocycles. The number of nitrogens with one attached hydrogen (secondary N) is 3. The molecule has 3 aliphatic carbocycles. The van der Waals surface area contributed by atoms with E-state index >= 15 is 4.39 Å². The van der Waals surface area contributed by atoms with Crippen molar-refractivity contribution in [1.82, 2.24) is 10.6 Å². The van der Waals surface area contributed by atoms with Crippen LogP contribution < -0.4 is 16.0 Å². The summed E-state index contributed by atoms with van der Waals surface area (Å²) in [5.41, 5.74) is 1.97. The van der Waals surface area contributed by atoms with Crippen molar-refractivity contribution >= 4 is 23.5 Å². The maximum Gasteiger partial charge on any atom is 0.331 e. The van der Waals surface area contributed by atoms with E-state index in [2.05, 4.69) is 36.7 Å². The summed E-state index contributed by atoms with van der Waals surface area (Å²) in [6.45, 7) is 10.4. The molecule has 1 aromatic carbocycles. The van der Waals surface area contributed by atoms with Crippen LogP contribution in [0.5, 0.6) is 0 Å². The molecule has 2 fully saturated rings. The van der Waals surface area contributed by atoms with Crippen molar-refractivity contribution in [2.75, 3.05) is 12.4 Å². The zero-order valence-corrected chi connectivity index (χ0v) is 25.6. The van der Waals surface area contributed by atoms with Crippen LogP contribution in [0.3, 0.4) is 0 Å². The number of carboxylic acid groups (broad SMARTS) is 1. The Hall–Kier alpha value is -3.72. The number of allylic oxidation sites excluding steroid dienone is 5. The minimum absolute atomic E-state index is 0.0739. The van der Waals surface area contributed by atoms with Gasteiger partial charge in [0, 0.05) is 22.7 Å². The minimum atomic E-state index is -1.14. The molecule has 9 heteroatoms. The molecule has 43 heavy (non-hydrogen) atoms. The Morgan fingerprint density at radius 2 is 1.93 bits per heavy atom. The van der Waals surface area contributed by atoms with Gasteiger partial charge in [-0.05, 0) is 85.3 Å². The Morgan fingerprint density at radius 1 is 1.19 bits per heavy atom. The van der Waals surface area contributed by atoms with Gasteiger partial charge in [-0.15, -0.1) is 0 Å². The van der Waals surface area contributed by atoms with E-state index in [1.807, 2.05) is 32.0 Å². The molecule has 3 unspecified atom stereocenters. The third kappa shape index (κ3) is 4.38. The number of methoxy groups -OCH3 is 1. The molecule has 1 saturated carbocycles. The van der Waals surface area contributed by atoms with Crippen LogP contribution in [0.4, 0.5) is 10.1 Å². The number of carbonyl (C=O) groups is 3. The maximum absolute atomic E-state index is 15.1. The molecule has 4 N–H and O–H groups in total. The van der Waals surface area contributed by atoms with E-state index in [1.54, 1.807) is 6.08 Å². The van der Waals surface area contributed by atoms with Crippen molar-refractivity contribution in [1.29, 1.82) is 0 Å². The molecule has 2 spiro atoms. The number of aliphatic carboxylic acids is 1. The molecular weight excluding hydrogens is 549 g/mol. The van der Waals surface area contributed by atoms with Gasteiger partial charge in [0.15, 0.2) is 0 Å². The lowest BCUT2D eigenvalue weighted by atomic mass is 9.60. The third-order valence-electron chi connectivity index (χ3n) is 10.2. The number of fused-ring (bicyclic) bond motifs is 3. The van der Waals surface area contributed by atoms with E-state index < -0.39 is 28.9 Å². The molecular formula is C34H40FN3O5. The molecule has 1 aromatic rings. The zero-order valence-electron chi connectivity index (χ0n) is 25.6. The van der Waals surface area contributed by atoms with Crippen molar-refractivity contribution in [3.05, 3.63) is 76.0 Å². The molecule has 5 aliphatic rings. The summed E-state index contributed by atoms with van der Waals surface area (Å²) in [6.07, 6.45) is 6.27. The Kier molecular flexibility index (Phi) is 6.76. The Balaban J connectivity index is 1.53. The number of rotatable bonds is 5. The van der Waals surface area contributed by atoms with Crippen LogP contribution in [0.2, 0.25) is 0 Å². The maximum atomic E-state index is 15.1. The number of hydrogen-bond acceptors (Lipinski definition) is 5. The number of hydrogen-bond donors (Lipinski definition) is 4. The first-order valence-corrected chi connectivity index (χ1v) is 15.0. The van der Waals surface area contributed by atoms with E-state index in [1.165, 1.54) is 19.3 Å². The predicted octanol–water partition coefficient (Wildman–Crippen LogP) is 5.18. The molecule has 228 valence electrons. The van der Waals surface area contributed by atoms with Gasteiger partial charge < -0.3 is 20.5 Å². The van der Waals surface area contributed by atoms with Gasteiger partial charge in [-0.2, -0.15) is 0 Å². The smallest absolute Gasteiger partial charge is 0.331 e. The first-order chi connectivity index (χ1) is 20.2. The van der Waals surface area contributed by atoms with E-state index in [9.17, 15) is 19.5 Å². The molecule has 2 amide bonds. The summed E-state index contributed by atoms with van der Waals surface area (Å²) in [5.74, 6) is -2.31. The number of carboxylic acids is 1. The lowest BCUT2D eigenvalue weighted by molar-refractivity contribution is -0.133. The Bertz CT molecular complexity index is 1570. The Labute approximate surface area is 251 Å². The SMILES string of the molecule is COC1=C(NC(=O)[C@@H]2NC3(C[C@@H]3C(C)(C)C)[C@@]3(C(=O)Nc4cc(C)ccc43)C2C2=CC(F)=CC(C)C2)CCC(C(=O)O)=C1. The monoisotopic (exact) mass is 589 g/mol. The van der Waals surface area contributed by atoms with E-state index in [4.69, 9.17) is 4.74 Å². The van der Waals surface area contributed by atoms with Gasteiger partial charge in [-0.3, -0.25) is 14.9 Å². The van der Waals surface area contributed by atoms with Crippen LogP contribution in [0.15, 0.2) is 64.9 Å². The summed E-state index contributed by atoms with van der Waals surface area (Å²) in [7, 11) is 1.44. The van der Waals surface area contributed by atoms with Gasteiger partial charge in [-0.25, -0.2) is 9.18 Å². The number of ether oxygens (including phenoxy) is 1. The van der Waals surface area contributed by atoms with Crippen LogP contribution in [0, 0.1) is 30.1 Å². The third-order valence-corrected chi connectivity index (χ3v) is 10.2. The van der Waals surface area contributed by atoms with E-state index in [0.717, 1.165) is 22.4 Å². The summed E-state index contributed by atoms with van der Waals surface area (Å²) in [5, 5.41) is 19.4. The van der Waals surface area contributed by atoms with Gasteiger partial charge in [0.1, 0.15) is 17.0 Å². The van der Waals surface area contributed by atoms with Gasteiger partial charge in [0.25, 0.3) is 0 Å². The second kappa shape index (κ2) is 9.91. The van der Waals surface area contributed by atoms with E-state index in [0.29, 0.717) is 18.5 Å². The standard InChI is InChI=1S/C34H40FN3O5/c1-17-7-9-22-24(13-17)37-31(42)34(22)27(20-11-18(2)12-21(35)14-20)28(38-33(34)16-26(33)32(3,4)5)29(39)36-23-10-8-19(30(40)41)15-25(23)43-6/h7,9,12-15,18,26-28,38H,8,10-11,16H2,1-6H3,(H,36,39)(H,37,42)(H,40,41)/t18?,26-,27?,28-,33?,34-/m1/s1. The number of anilines is 1. The number of benzene rings is 1. The van der Waals surface area contributed by atoms with Crippen LogP contribution in [0.1, 0.15) is 64.5 Å². The van der Waals surface area contributed by atoms with Crippen molar-refractivity contribution in [3.63, 3.8) is 0 Å². The molecule has 8 nitrogen and oxygen atoms in total. The molecule has 6 rings (SSSR count). The number of amides is 2. The molecule has 2 aliphatic heterocycles. The fourth-order valence-electron chi connectivity index (χ4n) is 8.42. The number of aryl methyl sites for hydroxylation is 1. The second-order valence-electron chi connectivity index (χ2n) is 14.0. The van der Waals surface area contributed by atoms with Crippen LogP contribution >= 0.6 is 0 Å². The summed E-state index contributed by atoms with van der Waals surface area (Å²) >= 11 is 0. The van der Waals surface area contributed by atoms with Crippen molar-refractivity contribution < 1.29 is 28.6 Å². The molecule has 0 radical (unpaired) electrons. The number of carbonyl (C=O) groups excluding carboxylic acids is 2.